The number of carbonyl (C=O) groups excluding carboxylic acids is 4. The summed E-state index contributed by atoms with van der Waals surface area (Å²) >= 11 is 0. The van der Waals surface area contributed by atoms with Gasteiger partial charge >= 0.3 is 0 Å². The molecule has 0 radical (unpaired) electrons. The molecule has 5 atom stereocenters. The van der Waals surface area contributed by atoms with E-state index in [1.807, 2.05) is 18.2 Å². The van der Waals surface area contributed by atoms with Crippen LogP contribution < -0.4 is 15.4 Å². The van der Waals surface area contributed by atoms with Gasteiger partial charge in [-0.1, -0.05) is 12.5 Å². The second kappa shape index (κ2) is 9.93. The van der Waals surface area contributed by atoms with Crippen LogP contribution in [0.15, 0.2) is 24.3 Å². The molecule has 10 nitrogen and oxygen atoms in total. The maximum atomic E-state index is 13.7. The molecule has 3 heterocycles. The van der Waals surface area contributed by atoms with Gasteiger partial charge < -0.3 is 30.4 Å². The van der Waals surface area contributed by atoms with E-state index in [1.54, 1.807) is 18.1 Å². The summed E-state index contributed by atoms with van der Waals surface area (Å²) in [5, 5.41) is 15.8. The van der Waals surface area contributed by atoms with Crippen LogP contribution in [-0.2, 0) is 14.4 Å². The Bertz CT molecular complexity index is 1190. The Morgan fingerprint density at radius 2 is 2.08 bits per heavy atom. The average Bonchev–Trinajstić information content (AvgIpc) is 3.66. The van der Waals surface area contributed by atoms with E-state index in [4.69, 9.17) is 4.74 Å². The normalized spacial score (nSPS) is 26.1. The molecule has 3 amide bonds. The molecule has 3 fully saturated rings. The van der Waals surface area contributed by atoms with Gasteiger partial charge in [-0.2, -0.15) is 0 Å². The van der Waals surface area contributed by atoms with Crippen molar-refractivity contribution in [2.45, 2.75) is 44.2 Å². The summed E-state index contributed by atoms with van der Waals surface area (Å²) < 4.78 is 5.42. The standard InChI is InChI=1S/C26H32N4O6/c1-36-22-7-3-6-18-17(22)11-20(28-18)26(35)30-12-15-4-2-5-16(15)23(30)25(34)29-19(21(32)13-31)10-14-8-9-27-24(14)33/h3,6-7,11,14-16,19,23,28,31H,2,4-5,8-10,12-13H2,1H3,(H,27,33)(H,29,34)/t14-,15-,16-,19+,23-/m1/s1. The maximum absolute atomic E-state index is 13.7. The maximum Gasteiger partial charge on any atom is 0.271 e. The van der Waals surface area contributed by atoms with E-state index in [0.29, 0.717) is 31.0 Å². The average molecular weight is 497 g/mol. The smallest absolute Gasteiger partial charge is 0.271 e. The Hall–Kier alpha value is -3.40. The number of nitrogens with one attached hydrogen (secondary N) is 3. The van der Waals surface area contributed by atoms with Gasteiger partial charge in [0, 0.05) is 29.9 Å². The highest BCUT2D eigenvalue weighted by molar-refractivity contribution is 6.02. The molecule has 0 unspecified atom stereocenters. The summed E-state index contributed by atoms with van der Waals surface area (Å²) in [5.74, 6) is -0.889. The SMILES string of the molecule is COc1cccc2[nH]c(C(=O)N3C[C@H]4CCC[C@H]4[C@@H]3C(=O)N[C@@H](C[C@H]3CCNC3=O)C(=O)CO)cc12. The van der Waals surface area contributed by atoms with Crippen LogP contribution in [0.2, 0.25) is 0 Å². The number of fused-ring (bicyclic) bond motifs is 2. The molecule has 0 spiro atoms. The Labute approximate surface area is 208 Å². The minimum Gasteiger partial charge on any atom is -0.496 e. The number of rotatable bonds is 8. The third-order valence-electron chi connectivity index (χ3n) is 8.04. The molecule has 0 bridgehead atoms. The Balaban J connectivity index is 1.39. The van der Waals surface area contributed by atoms with Crippen LogP contribution in [-0.4, -0.2) is 77.4 Å². The first kappa shape index (κ1) is 24.3. The lowest BCUT2D eigenvalue weighted by Gasteiger charge is -2.29. The summed E-state index contributed by atoms with van der Waals surface area (Å²) in [5.41, 5.74) is 1.14. The van der Waals surface area contributed by atoms with E-state index in [0.717, 1.165) is 30.2 Å². The van der Waals surface area contributed by atoms with Crippen molar-refractivity contribution in [1.29, 1.82) is 0 Å². The lowest BCUT2D eigenvalue weighted by molar-refractivity contribution is -0.133. The van der Waals surface area contributed by atoms with Crippen molar-refractivity contribution < 1.29 is 29.0 Å². The van der Waals surface area contributed by atoms with Gasteiger partial charge in [0.1, 0.15) is 24.1 Å². The molecule has 3 aliphatic rings. The van der Waals surface area contributed by atoms with Crippen molar-refractivity contribution >= 4 is 34.4 Å². The zero-order chi connectivity index (χ0) is 25.4. The van der Waals surface area contributed by atoms with E-state index in [-0.39, 0.29) is 30.1 Å². The molecule has 10 heteroatoms. The highest BCUT2D eigenvalue weighted by atomic mass is 16.5. The number of hydrogen-bond donors (Lipinski definition) is 4. The number of ether oxygens (including phenoxy) is 1. The largest absolute Gasteiger partial charge is 0.496 e. The number of nitrogens with zero attached hydrogens (tertiary/aromatic N) is 1. The van der Waals surface area contributed by atoms with E-state index in [2.05, 4.69) is 15.6 Å². The van der Waals surface area contributed by atoms with Crippen LogP contribution in [0, 0.1) is 17.8 Å². The fraction of sp³-hybridized carbons (Fsp3) is 0.538. The molecule has 1 saturated carbocycles. The first-order valence-corrected chi connectivity index (χ1v) is 12.6. The number of hydrogen-bond acceptors (Lipinski definition) is 6. The molecule has 192 valence electrons. The van der Waals surface area contributed by atoms with Crippen LogP contribution in [0.1, 0.15) is 42.6 Å². The van der Waals surface area contributed by atoms with Gasteiger partial charge in [-0.25, -0.2) is 0 Å². The predicted octanol–water partition coefficient (Wildman–Crippen LogP) is 0.990. The summed E-state index contributed by atoms with van der Waals surface area (Å²) in [6.45, 7) is 0.273. The molecule has 36 heavy (non-hydrogen) atoms. The van der Waals surface area contributed by atoms with Crippen molar-refractivity contribution in [1.82, 2.24) is 20.5 Å². The number of benzene rings is 1. The number of H-pyrrole nitrogens is 1. The molecule has 1 aromatic heterocycles. The molecule has 2 aromatic rings. The zero-order valence-corrected chi connectivity index (χ0v) is 20.3. The van der Waals surface area contributed by atoms with Crippen LogP contribution in [0.4, 0.5) is 0 Å². The molecule has 2 aliphatic heterocycles. The van der Waals surface area contributed by atoms with E-state index >= 15 is 0 Å². The molecular formula is C26H32N4O6. The van der Waals surface area contributed by atoms with E-state index < -0.39 is 36.3 Å². The summed E-state index contributed by atoms with van der Waals surface area (Å²) in [6.07, 6.45) is 3.47. The van der Waals surface area contributed by atoms with Gasteiger partial charge in [0.2, 0.25) is 11.8 Å². The molecule has 1 aromatic carbocycles. The number of aromatic amines is 1. The van der Waals surface area contributed by atoms with Crippen LogP contribution >= 0.6 is 0 Å². The van der Waals surface area contributed by atoms with Crippen molar-refractivity contribution in [2.24, 2.45) is 17.8 Å². The predicted molar refractivity (Wildman–Crippen MR) is 130 cm³/mol. The third kappa shape index (κ3) is 4.34. The molecule has 2 saturated heterocycles. The summed E-state index contributed by atoms with van der Waals surface area (Å²) in [7, 11) is 1.57. The topological polar surface area (TPSA) is 141 Å². The van der Waals surface area contributed by atoms with Crippen molar-refractivity contribution in [3.05, 3.63) is 30.0 Å². The van der Waals surface area contributed by atoms with Gasteiger partial charge in [0.25, 0.3) is 5.91 Å². The fourth-order valence-electron chi connectivity index (χ4n) is 6.22. The number of likely N-dealkylation sites (tertiary alicyclic amines) is 1. The third-order valence-corrected chi connectivity index (χ3v) is 8.04. The minimum atomic E-state index is -0.980. The highest BCUT2D eigenvalue weighted by Gasteiger charge is 2.50. The highest BCUT2D eigenvalue weighted by Crippen LogP contribution is 2.43. The van der Waals surface area contributed by atoms with Gasteiger partial charge in [-0.3, -0.25) is 19.2 Å². The van der Waals surface area contributed by atoms with Gasteiger partial charge in [-0.15, -0.1) is 0 Å². The molecule has 4 N–H and O–H groups in total. The zero-order valence-electron chi connectivity index (χ0n) is 20.3. The second-order valence-corrected chi connectivity index (χ2v) is 10.1. The summed E-state index contributed by atoms with van der Waals surface area (Å²) in [6, 6.07) is 5.57. The minimum absolute atomic E-state index is 0.00696. The van der Waals surface area contributed by atoms with E-state index in [1.165, 1.54) is 0 Å². The number of ketones is 1. The van der Waals surface area contributed by atoms with Gasteiger partial charge in [-0.05, 0) is 55.7 Å². The van der Waals surface area contributed by atoms with Crippen molar-refractivity contribution in [3.63, 3.8) is 0 Å². The number of amides is 3. The number of carbonyl (C=O) groups is 4. The molecular weight excluding hydrogens is 464 g/mol. The van der Waals surface area contributed by atoms with Crippen molar-refractivity contribution in [2.75, 3.05) is 26.8 Å². The van der Waals surface area contributed by atoms with E-state index in [9.17, 15) is 24.3 Å². The quantitative estimate of drug-likeness (QED) is 0.430. The summed E-state index contributed by atoms with van der Waals surface area (Å²) in [4.78, 5) is 56.6. The van der Waals surface area contributed by atoms with Gasteiger partial charge in [0.15, 0.2) is 5.78 Å². The number of methoxy groups -OCH3 is 1. The fourth-order valence-corrected chi connectivity index (χ4v) is 6.22. The molecule has 1 aliphatic carbocycles. The van der Waals surface area contributed by atoms with Crippen molar-refractivity contribution in [3.8, 4) is 5.75 Å². The molecule has 5 rings (SSSR count). The number of aromatic nitrogens is 1. The lowest BCUT2D eigenvalue weighted by Crippen LogP contribution is -2.53. The Morgan fingerprint density at radius 1 is 1.25 bits per heavy atom. The lowest BCUT2D eigenvalue weighted by atomic mass is 9.92. The first-order valence-electron chi connectivity index (χ1n) is 12.6. The van der Waals surface area contributed by atoms with Gasteiger partial charge in [0.05, 0.1) is 13.2 Å². The number of aliphatic hydroxyl groups excluding tert-OH is 1. The Kier molecular flexibility index (Phi) is 6.70. The second-order valence-electron chi connectivity index (χ2n) is 10.1. The van der Waals surface area contributed by atoms with Crippen LogP contribution in [0.3, 0.4) is 0 Å². The Morgan fingerprint density at radius 3 is 2.81 bits per heavy atom. The number of aliphatic hydroxyl groups is 1. The number of Topliss-reactive ketones (excluding diaryl/α,β-unsaturated/α-hetero) is 1. The van der Waals surface area contributed by atoms with Crippen LogP contribution in [0.25, 0.3) is 10.9 Å². The first-order chi connectivity index (χ1) is 17.4. The van der Waals surface area contributed by atoms with Crippen LogP contribution in [0.5, 0.6) is 5.75 Å². The monoisotopic (exact) mass is 496 g/mol.